The molecule has 6 rings (SSSR count). The molecule has 1 saturated heterocycles. The van der Waals surface area contributed by atoms with E-state index in [0.29, 0.717) is 29.0 Å². The molecule has 2 aliphatic heterocycles. The van der Waals surface area contributed by atoms with Gasteiger partial charge in [0.15, 0.2) is 11.5 Å². The minimum Gasteiger partial charge on any atom is -0.454 e. The summed E-state index contributed by atoms with van der Waals surface area (Å²) in [7, 11) is 0. The lowest BCUT2D eigenvalue weighted by Gasteiger charge is -2.20. The SMILES string of the molecule is Clc1ccc2nc([C@H]3CCCN3Cc3nc(-c4ccc5c(c4)OCO5)no3)[nH]c2c1. The van der Waals surface area contributed by atoms with E-state index in [1.54, 1.807) is 0 Å². The van der Waals surface area contributed by atoms with Gasteiger partial charge in [0.2, 0.25) is 18.5 Å². The smallest absolute Gasteiger partial charge is 0.241 e. The van der Waals surface area contributed by atoms with Gasteiger partial charge in [0, 0.05) is 10.6 Å². The molecule has 1 atom stereocenters. The molecule has 2 aromatic carbocycles. The van der Waals surface area contributed by atoms with Crippen molar-refractivity contribution in [3.63, 3.8) is 0 Å². The van der Waals surface area contributed by atoms with Crippen molar-refractivity contribution >= 4 is 22.6 Å². The number of likely N-dealkylation sites (tertiary alicyclic amines) is 1. The van der Waals surface area contributed by atoms with Crippen molar-refractivity contribution in [1.29, 1.82) is 0 Å². The van der Waals surface area contributed by atoms with Crippen LogP contribution in [0, 0.1) is 0 Å². The fourth-order valence-corrected chi connectivity index (χ4v) is 4.30. The number of nitrogens with zero attached hydrogens (tertiary/aromatic N) is 4. The van der Waals surface area contributed by atoms with Gasteiger partial charge in [-0.1, -0.05) is 16.8 Å². The van der Waals surface area contributed by atoms with Gasteiger partial charge in [-0.3, -0.25) is 4.90 Å². The fourth-order valence-electron chi connectivity index (χ4n) is 4.13. The Morgan fingerprint density at radius 2 is 2.03 bits per heavy atom. The first kappa shape index (κ1) is 17.7. The Morgan fingerprint density at radius 3 is 3.00 bits per heavy atom. The first-order valence-electron chi connectivity index (χ1n) is 9.85. The number of nitrogens with one attached hydrogen (secondary N) is 1. The van der Waals surface area contributed by atoms with E-state index in [1.807, 2.05) is 36.4 Å². The summed E-state index contributed by atoms with van der Waals surface area (Å²) in [5, 5.41) is 4.85. The molecule has 2 aliphatic rings. The highest BCUT2D eigenvalue weighted by Crippen LogP contribution is 2.36. The maximum Gasteiger partial charge on any atom is 0.241 e. The Balaban J connectivity index is 1.23. The monoisotopic (exact) mass is 423 g/mol. The largest absolute Gasteiger partial charge is 0.454 e. The van der Waals surface area contributed by atoms with Crippen molar-refractivity contribution in [2.45, 2.75) is 25.4 Å². The Bertz CT molecular complexity index is 1240. The third-order valence-corrected chi connectivity index (χ3v) is 5.81. The fraction of sp³-hybridized carbons (Fsp3) is 0.286. The molecule has 0 spiro atoms. The summed E-state index contributed by atoms with van der Waals surface area (Å²) < 4.78 is 16.3. The molecule has 0 amide bonds. The van der Waals surface area contributed by atoms with Crippen LogP contribution >= 0.6 is 11.6 Å². The van der Waals surface area contributed by atoms with Crippen molar-refractivity contribution in [2.75, 3.05) is 13.3 Å². The molecule has 0 unspecified atom stereocenters. The van der Waals surface area contributed by atoms with Crippen LogP contribution in [0.2, 0.25) is 5.02 Å². The lowest BCUT2D eigenvalue weighted by Crippen LogP contribution is -2.23. The molecule has 4 aromatic rings. The lowest BCUT2D eigenvalue weighted by atomic mass is 10.2. The highest BCUT2D eigenvalue weighted by Gasteiger charge is 2.30. The van der Waals surface area contributed by atoms with Gasteiger partial charge in [-0.25, -0.2) is 4.98 Å². The minimum absolute atomic E-state index is 0.178. The summed E-state index contributed by atoms with van der Waals surface area (Å²) in [6, 6.07) is 11.5. The highest BCUT2D eigenvalue weighted by atomic mass is 35.5. The van der Waals surface area contributed by atoms with Gasteiger partial charge in [0.25, 0.3) is 0 Å². The first-order chi connectivity index (χ1) is 14.7. The highest BCUT2D eigenvalue weighted by molar-refractivity contribution is 6.31. The van der Waals surface area contributed by atoms with E-state index in [0.717, 1.165) is 47.6 Å². The molecule has 0 bridgehead atoms. The Labute approximate surface area is 176 Å². The van der Waals surface area contributed by atoms with Crippen LogP contribution in [-0.4, -0.2) is 38.3 Å². The van der Waals surface area contributed by atoms with E-state index >= 15 is 0 Å². The topological polar surface area (TPSA) is 89.3 Å². The van der Waals surface area contributed by atoms with Crippen LogP contribution in [-0.2, 0) is 6.54 Å². The first-order valence-corrected chi connectivity index (χ1v) is 10.2. The third kappa shape index (κ3) is 3.09. The molecule has 30 heavy (non-hydrogen) atoms. The lowest BCUT2D eigenvalue weighted by molar-refractivity contribution is 0.174. The van der Waals surface area contributed by atoms with E-state index in [4.69, 9.17) is 30.6 Å². The number of rotatable bonds is 4. The molecule has 2 aromatic heterocycles. The predicted molar refractivity (Wildman–Crippen MR) is 109 cm³/mol. The number of ether oxygens (including phenoxy) is 2. The summed E-state index contributed by atoms with van der Waals surface area (Å²) >= 11 is 6.11. The Kier molecular flexibility index (Phi) is 4.14. The zero-order chi connectivity index (χ0) is 20.1. The van der Waals surface area contributed by atoms with E-state index in [2.05, 4.69) is 20.0 Å². The number of aromatic nitrogens is 4. The van der Waals surface area contributed by atoms with Gasteiger partial charge in [-0.05, 0) is 55.8 Å². The Morgan fingerprint density at radius 1 is 1.10 bits per heavy atom. The van der Waals surface area contributed by atoms with Gasteiger partial charge in [0.1, 0.15) is 5.82 Å². The molecule has 152 valence electrons. The zero-order valence-electron chi connectivity index (χ0n) is 16.0. The molecule has 0 saturated carbocycles. The number of hydrogen-bond donors (Lipinski definition) is 1. The molecular weight excluding hydrogens is 406 g/mol. The Hall–Kier alpha value is -3.10. The number of hydrogen-bond acceptors (Lipinski definition) is 7. The van der Waals surface area contributed by atoms with Gasteiger partial charge in [0.05, 0.1) is 23.6 Å². The van der Waals surface area contributed by atoms with E-state index in [9.17, 15) is 0 Å². The molecular formula is C21H18ClN5O3. The summed E-state index contributed by atoms with van der Waals surface area (Å²) in [6.07, 6.45) is 2.11. The number of fused-ring (bicyclic) bond motifs is 2. The maximum atomic E-state index is 6.11. The van der Waals surface area contributed by atoms with E-state index in [1.165, 1.54) is 0 Å². The van der Waals surface area contributed by atoms with E-state index in [-0.39, 0.29) is 12.8 Å². The van der Waals surface area contributed by atoms with Crippen molar-refractivity contribution in [1.82, 2.24) is 25.0 Å². The average Bonchev–Trinajstić information content (AvgIpc) is 3.53. The van der Waals surface area contributed by atoms with Crippen molar-refractivity contribution in [3.05, 3.63) is 53.1 Å². The molecule has 0 aliphatic carbocycles. The van der Waals surface area contributed by atoms with Gasteiger partial charge < -0.3 is 19.0 Å². The van der Waals surface area contributed by atoms with Gasteiger partial charge >= 0.3 is 0 Å². The van der Waals surface area contributed by atoms with Crippen LogP contribution in [0.3, 0.4) is 0 Å². The summed E-state index contributed by atoms with van der Waals surface area (Å²) in [6.45, 7) is 1.75. The van der Waals surface area contributed by atoms with Crippen LogP contribution in [0.15, 0.2) is 40.9 Å². The van der Waals surface area contributed by atoms with Crippen molar-refractivity contribution in [3.8, 4) is 22.9 Å². The standard InChI is InChI=1S/C21H18ClN5O3/c22-13-4-5-14-15(9-13)24-21(23-14)16-2-1-7-27(16)10-19-25-20(26-30-19)12-3-6-17-18(8-12)29-11-28-17/h3-6,8-9,16H,1-2,7,10-11H2,(H,23,24)/t16-/m1/s1. The van der Waals surface area contributed by atoms with Crippen LogP contribution in [0.4, 0.5) is 0 Å². The maximum absolute atomic E-state index is 6.11. The zero-order valence-corrected chi connectivity index (χ0v) is 16.7. The van der Waals surface area contributed by atoms with Gasteiger partial charge in [-0.2, -0.15) is 4.98 Å². The van der Waals surface area contributed by atoms with Crippen LogP contribution < -0.4 is 9.47 Å². The normalized spacial score (nSPS) is 18.5. The molecule has 8 nitrogen and oxygen atoms in total. The quantitative estimate of drug-likeness (QED) is 0.522. The molecule has 1 N–H and O–H groups in total. The van der Waals surface area contributed by atoms with Crippen molar-refractivity contribution in [2.24, 2.45) is 0 Å². The summed E-state index contributed by atoms with van der Waals surface area (Å²) in [5.74, 6) is 3.49. The number of benzene rings is 2. The minimum atomic E-state index is 0.178. The van der Waals surface area contributed by atoms with Crippen LogP contribution in [0.25, 0.3) is 22.4 Å². The number of halogens is 1. The molecule has 4 heterocycles. The molecule has 0 radical (unpaired) electrons. The third-order valence-electron chi connectivity index (χ3n) is 5.58. The number of H-pyrrole nitrogens is 1. The number of aromatic amines is 1. The van der Waals surface area contributed by atoms with Crippen LogP contribution in [0.1, 0.15) is 30.6 Å². The second kappa shape index (κ2) is 7.00. The molecule has 9 heteroatoms. The van der Waals surface area contributed by atoms with E-state index < -0.39 is 0 Å². The summed E-state index contributed by atoms with van der Waals surface area (Å²) in [4.78, 5) is 15.1. The van der Waals surface area contributed by atoms with Gasteiger partial charge in [-0.15, -0.1) is 0 Å². The summed E-state index contributed by atoms with van der Waals surface area (Å²) in [5.41, 5.74) is 2.71. The van der Waals surface area contributed by atoms with Crippen molar-refractivity contribution < 1.29 is 14.0 Å². The van der Waals surface area contributed by atoms with Crippen LogP contribution in [0.5, 0.6) is 11.5 Å². The average molecular weight is 424 g/mol. The number of imidazole rings is 1. The second-order valence-corrected chi connectivity index (χ2v) is 7.93. The second-order valence-electron chi connectivity index (χ2n) is 7.49. The predicted octanol–water partition coefficient (Wildman–Crippen LogP) is 4.33. The molecule has 1 fully saturated rings.